The maximum atomic E-state index is 5.67. The zero-order chi connectivity index (χ0) is 35.8. The second-order valence-electron chi connectivity index (χ2n) is 15.2. The van der Waals surface area contributed by atoms with E-state index in [4.69, 9.17) is 9.97 Å². The third kappa shape index (κ3) is 3.94. The Hall–Kier alpha value is -7.10. The molecule has 1 aliphatic carbocycles. The highest BCUT2D eigenvalue weighted by molar-refractivity contribution is 6.31. The summed E-state index contributed by atoms with van der Waals surface area (Å²) >= 11 is 0. The van der Waals surface area contributed by atoms with Crippen LogP contribution in [0.2, 0.25) is 0 Å². The van der Waals surface area contributed by atoms with E-state index >= 15 is 0 Å². The van der Waals surface area contributed by atoms with E-state index in [-0.39, 0.29) is 5.92 Å². The summed E-state index contributed by atoms with van der Waals surface area (Å²) in [7, 11) is 0. The van der Waals surface area contributed by atoms with Gasteiger partial charge in [-0.05, 0) is 91.3 Å². The van der Waals surface area contributed by atoms with E-state index in [1.807, 2.05) is 0 Å². The van der Waals surface area contributed by atoms with Crippen LogP contribution in [0.4, 0.5) is 0 Å². The fourth-order valence-corrected chi connectivity index (χ4v) is 10.1. The number of aromatic nitrogens is 3. The van der Waals surface area contributed by atoms with Crippen LogP contribution in [0.3, 0.4) is 0 Å². The van der Waals surface area contributed by atoms with Crippen molar-refractivity contribution in [1.29, 1.82) is 0 Å². The van der Waals surface area contributed by atoms with Gasteiger partial charge in [-0.15, -0.1) is 0 Å². The number of rotatable bonds is 2. The van der Waals surface area contributed by atoms with E-state index in [0.717, 1.165) is 34.4 Å². The van der Waals surface area contributed by atoms with Crippen molar-refractivity contribution >= 4 is 81.3 Å². The first kappa shape index (κ1) is 29.4. The van der Waals surface area contributed by atoms with Crippen LogP contribution >= 0.6 is 0 Å². The molecule has 0 bridgehead atoms. The summed E-state index contributed by atoms with van der Waals surface area (Å²) in [4.78, 5) is 11.0. The van der Waals surface area contributed by atoms with Crippen molar-refractivity contribution in [2.45, 2.75) is 12.3 Å². The summed E-state index contributed by atoms with van der Waals surface area (Å²) in [6.45, 7) is 0. The lowest BCUT2D eigenvalue weighted by molar-refractivity contribution is 0.778. The van der Waals surface area contributed by atoms with Gasteiger partial charge >= 0.3 is 0 Å². The van der Waals surface area contributed by atoms with Gasteiger partial charge in [-0.25, -0.2) is 9.97 Å². The van der Waals surface area contributed by atoms with Crippen molar-refractivity contribution in [3.05, 3.63) is 187 Å². The Balaban J connectivity index is 1.18. The largest absolute Gasteiger partial charge is 0.308 e. The zero-order valence-electron chi connectivity index (χ0n) is 29.8. The summed E-state index contributed by atoms with van der Waals surface area (Å²) in [5, 5.41) is 13.8. The first-order chi connectivity index (χ1) is 27.3. The van der Waals surface area contributed by atoms with E-state index in [0.29, 0.717) is 0 Å². The maximum absolute atomic E-state index is 5.67. The van der Waals surface area contributed by atoms with Crippen LogP contribution in [-0.4, -0.2) is 14.4 Å². The van der Waals surface area contributed by atoms with Crippen molar-refractivity contribution in [3.8, 4) is 22.5 Å². The molecule has 1 unspecified atom stereocenters. The molecular weight excluding hydrogens is 667 g/mol. The summed E-state index contributed by atoms with van der Waals surface area (Å²) in [6.07, 6.45) is 0.852. The number of hydrogen-bond donors (Lipinski definition) is 0. The van der Waals surface area contributed by atoms with Crippen molar-refractivity contribution in [1.82, 2.24) is 14.4 Å². The number of nitrogens with zero attached hydrogens (tertiary/aromatic N) is 3. The molecule has 9 aromatic carbocycles. The molecule has 0 aliphatic heterocycles. The molecule has 12 aromatic rings. The van der Waals surface area contributed by atoms with E-state index in [9.17, 15) is 0 Å². The molecule has 254 valence electrons. The van der Waals surface area contributed by atoms with Gasteiger partial charge in [-0.2, -0.15) is 0 Å². The van der Waals surface area contributed by atoms with Crippen LogP contribution in [-0.2, 0) is 6.42 Å². The molecule has 0 saturated heterocycles. The van der Waals surface area contributed by atoms with Gasteiger partial charge in [0, 0.05) is 38.4 Å². The SMILES string of the molecule is c1ccc2c(c1)CC(c1nc(-c3ccc4ccc5ccccc5c4c3)nc3ccccc13)c1c-2cc2c3ccccc3n3c4ccc5ccccc5c4c1c23. The Morgan fingerprint density at radius 3 is 2.02 bits per heavy atom. The molecule has 1 aliphatic rings. The average Bonchev–Trinajstić information content (AvgIpc) is 3.78. The average molecular weight is 698 g/mol. The lowest BCUT2D eigenvalue weighted by Gasteiger charge is -2.30. The molecule has 3 heteroatoms. The standard InChI is InChI=1S/C52H31N3/c1-4-14-35-30(11-1)21-22-32-23-24-34(28-40(32)35)52-53-44-19-9-7-18-39(44)50(54-52)43-27-33-13-3-5-15-36(33)41-29-42-38-17-8-10-20-45(38)55-46-26-25-31-12-2-6-16-37(31)48(46)49(47(41)43)51(42)55/h1-26,28-29,43H,27H2. The van der Waals surface area contributed by atoms with Crippen LogP contribution in [0, 0.1) is 0 Å². The Labute approximate surface area is 316 Å². The Bertz CT molecular complexity index is 3590. The predicted octanol–water partition coefficient (Wildman–Crippen LogP) is 13.3. The van der Waals surface area contributed by atoms with Gasteiger partial charge in [0.25, 0.3) is 0 Å². The number of hydrogen-bond acceptors (Lipinski definition) is 2. The summed E-state index contributed by atoms with van der Waals surface area (Å²) < 4.78 is 2.53. The molecule has 0 radical (unpaired) electrons. The van der Waals surface area contributed by atoms with Crippen LogP contribution in [0.25, 0.3) is 104 Å². The topological polar surface area (TPSA) is 30.2 Å². The number of benzene rings is 9. The molecule has 3 heterocycles. The van der Waals surface area contributed by atoms with Crippen LogP contribution in [0.15, 0.2) is 170 Å². The molecule has 1 atom stereocenters. The van der Waals surface area contributed by atoms with E-state index < -0.39 is 0 Å². The number of para-hydroxylation sites is 2. The minimum atomic E-state index is -0.00591. The molecule has 0 spiro atoms. The molecule has 0 fully saturated rings. The molecule has 0 N–H and O–H groups in total. The molecule has 0 amide bonds. The quantitative estimate of drug-likeness (QED) is 0.168. The van der Waals surface area contributed by atoms with Gasteiger partial charge in [0.05, 0.1) is 27.8 Å². The molecule has 55 heavy (non-hydrogen) atoms. The predicted molar refractivity (Wildman–Crippen MR) is 230 cm³/mol. The smallest absolute Gasteiger partial charge is 0.160 e. The Morgan fingerprint density at radius 1 is 0.455 bits per heavy atom. The fourth-order valence-electron chi connectivity index (χ4n) is 10.1. The van der Waals surface area contributed by atoms with Crippen LogP contribution in [0.5, 0.6) is 0 Å². The monoisotopic (exact) mass is 697 g/mol. The third-order valence-electron chi connectivity index (χ3n) is 12.4. The Kier molecular flexibility index (Phi) is 5.74. The van der Waals surface area contributed by atoms with Crippen molar-refractivity contribution in [2.24, 2.45) is 0 Å². The zero-order valence-corrected chi connectivity index (χ0v) is 29.8. The maximum Gasteiger partial charge on any atom is 0.160 e. The normalized spacial score (nSPS) is 14.3. The first-order valence-electron chi connectivity index (χ1n) is 19.2. The lowest BCUT2D eigenvalue weighted by Crippen LogP contribution is -2.16. The second-order valence-corrected chi connectivity index (χ2v) is 15.2. The van der Waals surface area contributed by atoms with Gasteiger partial charge in [0.15, 0.2) is 5.82 Å². The second kappa shape index (κ2) is 10.7. The van der Waals surface area contributed by atoms with Crippen molar-refractivity contribution in [2.75, 3.05) is 0 Å². The minimum Gasteiger partial charge on any atom is -0.308 e. The van der Waals surface area contributed by atoms with Crippen LogP contribution in [0.1, 0.15) is 22.7 Å². The summed E-state index contributed by atoms with van der Waals surface area (Å²) in [5.74, 6) is 0.759. The molecule has 13 rings (SSSR count). The van der Waals surface area contributed by atoms with Gasteiger partial charge in [-0.1, -0.05) is 140 Å². The molecule has 0 saturated carbocycles. The van der Waals surface area contributed by atoms with Gasteiger partial charge in [0.1, 0.15) is 0 Å². The fraction of sp³-hybridized carbons (Fsp3) is 0.0385. The Morgan fingerprint density at radius 2 is 1.13 bits per heavy atom. The highest BCUT2D eigenvalue weighted by Crippen LogP contribution is 2.53. The van der Waals surface area contributed by atoms with Gasteiger partial charge < -0.3 is 4.40 Å². The summed E-state index contributed by atoms with van der Waals surface area (Å²) in [5.41, 5.74) is 12.2. The minimum absolute atomic E-state index is 0.00591. The van der Waals surface area contributed by atoms with Crippen molar-refractivity contribution in [3.63, 3.8) is 0 Å². The number of fused-ring (bicyclic) bond motifs is 16. The molecule has 3 nitrogen and oxygen atoms in total. The van der Waals surface area contributed by atoms with Crippen LogP contribution < -0.4 is 0 Å². The van der Waals surface area contributed by atoms with E-state index in [2.05, 4.69) is 174 Å². The highest BCUT2D eigenvalue weighted by Gasteiger charge is 2.34. The first-order valence-corrected chi connectivity index (χ1v) is 19.2. The lowest BCUT2D eigenvalue weighted by atomic mass is 9.74. The van der Waals surface area contributed by atoms with Gasteiger partial charge in [-0.3, -0.25) is 0 Å². The molecule has 3 aromatic heterocycles. The third-order valence-corrected chi connectivity index (χ3v) is 12.4. The van der Waals surface area contributed by atoms with Crippen molar-refractivity contribution < 1.29 is 0 Å². The highest BCUT2D eigenvalue weighted by atomic mass is 14.9. The summed E-state index contributed by atoms with van der Waals surface area (Å²) in [6, 6.07) is 62.3. The molecular formula is C52H31N3. The van der Waals surface area contributed by atoms with Gasteiger partial charge in [0.2, 0.25) is 0 Å². The van der Waals surface area contributed by atoms with E-state index in [1.54, 1.807) is 0 Å². The van der Waals surface area contributed by atoms with E-state index in [1.165, 1.54) is 92.7 Å².